The molecule has 0 rings (SSSR count). The molecule has 8 nitrogen and oxygen atoms in total. The highest BCUT2D eigenvalue weighted by molar-refractivity contribution is 7.45. The van der Waals surface area contributed by atoms with Crippen LogP contribution < -0.4 is 10.2 Å². The van der Waals surface area contributed by atoms with Gasteiger partial charge >= 0.3 is 0 Å². The molecule has 0 saturated heterocycles. The summed E-state index contributed by atoms with van der Waals surface area (Å²) in [4.78, 5) is 25.6. The molecule has 0 aliphatic heterocycles. The van der Waals surface area contributed by atoms with Crippen LogP contribution >= 0.6 is 7.82 Å². The lowest BCUT2D eigenvalue weighted by Gasteiger charge is -2.29. The number of carbonyl (C=O) groups excluding carboxylic acids is 1. The zero-order chi connectivity index (χ0) is 60.5. The van der Waals surface area contributed by atoms with Crippen molar-refractivity contribution in [2.45, 2.75) is 276 Å². The molecule has 0 radical (unpaired) electrons. The lowest BCUT2D eigenvalue weighted by molar-refractivity contribution is -0.870. The summed E-state index contributed by atoms with van der Waals surface area (Å²) in [6.45, 7) is 4.50. The molecule has 83 heavy (non-hydrogen) atoms. The monoisotopic (exact) mass is 1170 g/mol. The van der Waals surface area contributed by atoms with Crippen LogP contribution in [-0.2, 0) is 18.4 Å². The maximum atomic E-state index is 13.0. The second-order valence-electron chi connectivity index (χ2n) is 23.4. The van der Waals surface area contributed by atoms with Gasteiger partial charge in [-0.05, 0) is 116 Å². The molecule has 1 amide bonds. The van der Waals surface area contributed by atoms with Gasteiger partial charge in [0.2, 0.25) is 5.91 Å². The highest BCUT2D eigenvalue weighted by Crippen LogP contribution is 2.38. The number of hydrogen-bond acceptors (Lipinski definition) is 6. The van der Waals surface area contributed by atoms with Gasteiger partial charge in [-0.15, -0.1) is 0 Å². The summed E-state index contributed by atoms with van der Waals surface area (Å²) in [5, 5.41) is 13.9. The molecule has 3 atom stereocenters. The molecule has 0 fully saturated rings. The standard InChI is InChI=1S/C74H127N2O6P/c1-6-8-10-12-14-16-18-20-22-24-26-28-30-32-34-35-36-37-38-39-40-41-42-44-46-48-50-52-54-56-58-60-62-64-66-68-74(78)75-72(71-82-83(79,80)81-70-69-76(3,4)5)73(77)67-65-63-61-59-57-55-53-51-49-47-45-43-33-31-29-27-25-23-21-19-17-15-13-11-9-7-2/h8,10,14,16,20,22,26,28,32,34,36-37,39-40,42,44,48-51,57,59,65,67,72-73,77H,6-7,9,11-13,15,17-19,21,23-25,27,29-31,33,35,38,41,43,45-47,52-56,58,60-64,66,68-71H2,1-5H3,(H-,75,78,79,80)/b10-8-,16-14-,22-20-,28-26-,34-32-,37-36-,40-39-,44-42-,50-48-,51-49+,59-57+,67-65+. The number of nitrogens with one attached hydrogen (secondary N) is 1. The van der Waals surface area contributed by atoms with Crippen molar-refractivity contribution in [2.24, 2.45) is 0 Å². The number of likely N-dealkylation sites (N-methyl/N-ethyl adjacent to an activating group) is 1. The minimum absolute atomic E-state index is 0.0190. The Morgan fingerprint density at radius 3 is 1.12 bits per heavy atom. The second kappa shape index (κ2) is 62.9. The quantitative estimate of drug-likeness (QED) is 0.0272. The Kier molecular flexibility index (Phi) is 60.2. The molecule has 3 unspecified atom stereocenters. The van der Waals surface area contributed by atoms with Crippen molar-refractivity contribution in [1.29, 1.82) is 0 Å². The van der Waals surface area contributed by atoms with E-state index in [0.717, 1.165) is 116 Å². The Balaban J connectivity index is 4.26. The zero-order valence-electron chi connectivity index (χ0n) is 54.1. The minimum Gasteiger partial charge on any atom is -0.756 e. The molecule has 0 aromatic heterocycles. The normalized spacial score (nSPS) is 14.6. The molecule has 0 aliphatic carbocycles. The summed E-state index contributed by atoms with van der Waals surface area (Å²) in [6.07, 6.45) is 96.7. The third kappa shape index (κ3) is 65.8. The number of phosphoric acid groups is 1. The van der Waals surface area contributed by atoms with Crippen molar-refractivity contribution in [3.63, 3.8) is 0 Å². The number of rotatable bonds is 60. The van der Waals surface area contributed by atoms with Gasteiger partial charge in [0.05, 0.1) is 39.9 Å². The summed E-state index contributed by atoms with van der Waals surface area (Å²) in [6, 6.07) is -0.929. The van der Waals surface area contributed by atoms with E-state index in [1.807, 2.05) is 27.2 Å². The Morgan fingerprint density at radius 2 is 0.747 bits per heavy atom. The SMILES string of the molecule is CC/C=C\C/C=C\C/C=C\C/C=C\C/C=C\C/C=C\C/C=C\C/C=C\C/C=C\CCCCCCCCCC(=O)NC(COP(=O)([O-])OCC[N+](C)(C)C)C(O)/C=C/CC/C=C/CC/C=C/CCCCCCCCCCCCCCCCCC. The van der Waals surface area contributed by atoms with E-state index in [1.54, 1.807) is 6.08 Å². The number of amides is 1. The molecule has 0 aromatic rings. The van der Waals surface area contributed by atoms with E-state index in [9.17, 15) is 19.4 Å². The van der Waals surface area contributed by atoms with Gasteiger partial charge in [-0.2, -0.15) is 0 Å². The second-order valence-corrected chi connectivity index (χ2v) is 24.8. The number of allylic oxidation sites excluding steroid dienone is 23. The van der Waals surface area contributed by atoms with E-state index in [2.05, 4.69) is 153 Å². The summed E-state index contributed by atoms with van der Waals surface area (Å²) in [5.74, 6) is -0.227. The van der Waals surface area contributed by atoms with E-state index in [0.29, 0.717) is 17.4 Å². The molecule has 2 N–H and O–H groups in total. The third-order valence-electron chi connectivity index (χ3n) is 14.3. The molecular weight excluding hydrogens is 1040 g/mol. The first-order valence-corrected chi connectivity index (χ1v) is 35.2. The van der Waals surface area contributed by atoms with Crippen LogP contribution in [0.3, 0.4) is 0 Å². The van der Waals surface area contributed by atoms with Gasteiger partial charge in [0.25, 0.3) is 7.82 Å². The first-order chi connectivity index (χ1) is 40.5. The Morgan fingerprint density at radius 1 is 0.434 bits per heavy atom. The number of phosphoric ester groups is 1. The minimum atomic E-state index is -4.63. The average Bonchev–Trinajstić information content (AvgIpc) is 3.49. The van der Waals surface area contributed by atoms with E-state index < -0.39 is 26.6 Å². The summed E-state index contributed by atoms with van der Waals surface area (Å²) < 4.78 is 23.4. The number of quaternary nitrogens is 1. The topological polar surface area (TPSA) is 108 Å². The van der Waals surface area contributed by atoms with Crippen LogP contribution in [0.5, 0.6) is 0 Å². The van der Waals surface area contributed by atoms with Crippen LogP contribution in [0, 0.1) is 0 Å². The fraction of sp³-hybridized carbons (Fsp3) is 0.662. The van der Waals surface area contributed by atoms with Crippen LogP contribution in [0.4, 0.5) is 0 Å². The van der Waals surface area contributed by atoms with Gasteiger partial charge in [-0.25, -0.2) is 0 Å². The summed E-state index contributed by atoms with van der Waals surface area (Å²) >= 11 is 0. The maximum Gasteiger partial charge on any atom is 0.268 e. The third-order valence-corrected chi connectivity index (χ3v) is 15.2. The molecule has 0 aliphatic rings. The number of aliphatic hydroxyl groups is 1. The lowest BCUT2D eigenvalue weighted by atomic mass is 10.0. The average molecular weight is 1170 g/mol. The van der Waals surface area contributed by atoms with Crippen molar-refractivity contribution >= 4 is 13.7 Å². The van der Waals surface area contributed by atoms with Gasteiger partial charge in [-0.3, -0.25) is 9.36 Å². The molecular formula is C74H127N2O6P. The van der Waals surface area contributed by atoms with Gasteiger partial charge in [0.15, 0.2) is 0 Å². The van der Waals surface area contributed by atoms with E-state index in [-0.39, 0.29) is 12.5 Å². The highest BCUT2D eigenvalue weighted by atomic mass is 31.2. The molecule has 0 heterocycles. The summed E-state index contributed by atoms with van der Waals surface area (Å²) in [7, 11) is 1.21. The fourth-order valence-corrected chi connectivity index (χ4v) is 9.78. The first kappa shape index (κ1) is 79.4. The van der Waals surface area contributed by atoms with Crippen LogP contribution in [0.25, 0.3) is 0 Å². The van der Waals surface area contributed by atoms with Gasteiger partial charge < -0.3 is 28.8 Å². The first-order valence-electron chi connectivity index (χ1n) is 33.7. The number of aliphatic hydroxyl groups excluding tert-OH is 1. The van der Waals surface area contributed by atoms with Crippen molar-refractivity contribution in [3.8, 4) is 0 Å². The van der Waals surface area contributed by atoms with Crippen molar-refractivity contribution in [3.05, 3.63) is 146 Å². The maximum absolute atomic E-state index is 13.0. The molecule has 474 valence electrons. The number of hydrogen-bond donors (Lipinski definition) is 2. The van der Waals surface area contributed by atoms with Gasteiger partial charge in [0, 0.05) is 6.42 Å². The van der Waals surface area contributed by atoms with E-state index in [1.165, 1.54) is 128 Å². The van der Waals surface area contributed by atoms with E-state index in [4.69, 9.17) is 9.05 Å². The smallest absolute Gasteiger partial charge is 0.268 e. The number of nitrogens with zero attached hydrogens (tertiary/aromatic N) is 1. The van der Waals surface area contributed by atoms with Crippen LogP contribution in [0.15, 0.2) is 146 Å². The Bertz CT molecular complexity index is 1860. The fourth-order valence-electron chi connectivity index (χ4n) is 9.06. The largest absolute Gasteiger partial charge is 0.756 e. The molecule has 0 aromatic carbocycles. The Hall–Kier alpha value is -3.62. The van der Waals surface area contributed by atoms with Gasteiger partial charge in [-0.1, -0.05) is 288 Å². The number of unbranched alkanes of at least 4 members (excludes halogenated alkanes) is 25. The number of carbonyl (C=O) groups is 1. The Labute approximate surface area is 512 Å². The van der Waals surface area contributed by atoms with Crippen LogP contribution in [-0.4, -0.2) is 68.5 Å². The predicted octanol–water partition coefficient (Wildman–Crippen LogP) is 21.0. The van der Waals surface area contributed by atoms with Gasteiger partial charge in [0.1, 0.15) is 13.2 Å². The predicted molar refractivity (Wildman–Crippen MR) is 361 cm³/mol. The van der Waals surface area contributed by atoms with Crippen LogP contribution in [0.1, 0.15) is 264 Å². The van der Waals surface area contributed by atoms with Crippen molar-refractivity contribution in [1.82, 2.24) is 5.32 Å². The molecule has 0 bridgehead atoms. The summed E-state index contributed by atoms with van der Waals surface area (Å²) in [5.41, 5.74) is 0. The van der Waals surface area contributed by atoms with Crippen molar-refractivity contribution < 1.29 is 32.9 Å². The van der Waals surface area contributed by atoms with Crippen molar-refractivity contribution in [2.75, 3.05) is 40.9 Å². The van der Waals surface area contributed by atoms with Crippen LogP contribution in [0.2, 0.25) is 0 Å². The lowest BCUT2D eigenvalue weighted by Crippen LogP contribution is -2.45. The highest BCUT2D eigenvalue weighted by Gasteiger charge is 2.23. The molecule has 0 saturated carbocycles. The zero-order valence-corrected chi connectivity index (χ0v) is 55.0. The van der Waals surface area contributed by atoms with E-state index >= 15 is 0 Å². The molecule has 9 heteroatoms. The molecule has 0 spiro atoms.